The molecule has 0 N–H and O–H groups in total. The Morgan fingerprint density at radius 1 is 0.905 bits per heavy atom. The minimum Gasteiger partial charge on any atom is -0.496 e. The Morgan fingerprint density at radius 2 is 1.62 bits per heavy atom. The van der Waals surface area contributed by atoms with Gasteiger partial charge in [-0.05, 0) is 35.9 Å². The molecule has 8 heteroatoms. The summed E-state index contributed by atoms with van der Waals surface area (Å²) in [4.78, 5) is 33.6. The van der Waals surface area contributed by atoms with Crippen LogP contribution in [0.3, 0.4) is 0 Å². The van der Waals surface area contributed by atoms with Gasteiger partial charge in [0.15, 0.2) is 4.80 Å². The Kier molecular flexibility index (Phi) is 7.46. The second-order valence-electron chi connectivity index (χ2n) is 9.58. The minimum atomic E-state index is -0.864. The van der Waals surface area contributed by atoms with E-state index in [1.807, 2.05) is 91.0 Å². The van der Waals surface area contributed by atoms with E-state index < -0.39 is 12.0 Å². The number of carbonyl (C=O) groups is 1. The summed E-state index contributed by atoms with van der Waals surface area (Å²) in [5, 5.41) is 1.81. The van der Waals surface area contributed by atoms with E-state index >= 15 is 0 Å². The smallest absolute Gasteiger partial charge is 0.338 e. The molecule has 2 heterocycles. The highest BCUT2D eigenvalue weighted by Gasteiger charge is 2.37. The predicted octanol–water partition coefficient (Wildman–Crippen LogP) is 5.11. The SMILES string of the molecule is CCOC(=O)C1=C(c2ccccc2)N=c2s/c(=C/c3ccccc3OC)c(=O)n2C1c1c(OC)ccc2ccccc12. The lowest BCUT2D eigenvalue weighted by Crippen LogP contribution is -2.40. The van der Waals surface area contributed by atoms with Crippen LogP contribution in [0.25, 0.3) is 22.5 Å². The van der Waals surface area contributed by atoms with E-state index in [-0.39, 0.29) is 17.7 Å². The topological polar surface area (TPSA) is 79.1 Å². The van der Waals surface area contributed by atoms with Gasteiger partial charge in [-0.1, -0.05) is 90.2 Å². The molecule has 7 nitrogen and oxygen atoms in total. The van der Waals surface area contributed by atoms with Crippen LogP contribution in [0, 0.1) is 0 Å². The van der Waals surface area contributed by atoms with Gasteiger partial charge in [-0.2, -0.15) is 0 Å². The highest BCUT2D eigenvalue weighted by Crippen LogP contribution is 2.42. The van der Waals surface area contributed by atoms with Gasteiger partial charge in [0, 0.05) is 16.7 Å². The third kappa shape index (κ3) is 4.69. The maximum atomic E-state index is 14.3. The summed E-state index contributed by atoms with van der Waals surface area (Å²) in [7, 11) is 3.18. The molecule has 0 fully saturated rings. The van der Waals surface area contributed by atoms with Crippen molar-refractivity contribution in [2.45, 2.75) is 13.0 Å². The molecule has 6 rings (SSSR count). The molecule has 0 spiro atoms. The summed E-state index contributed by atoms with van der Waals surface area (Å²) < 4.78 is 19.1. The number of fused-ring (bicyclic) bond motifs is 2. The van der Waals surface area contributed by atoms with Gasteiger partial charge in [-0.3, -0.25) is 9.36 Å². The third-order valence-electron chi connectivity index (χ3n) is 7.22. The standard InChI is InChI=1S/C34H28N2O5S/c1-4-41-33(38)29-30(22-13-6-5-7-14-22)35-34-36(32(37)27(42-34)20-23-15-9-11-17-25(23)39-2)31(29)28-24-16-10-8-12-21(24)18-19-26(28)40-3/h5-20,31H,4H2,1-3H3/b27-20+. The van der Waals surface area contributed by atoms with Crippen molar-refractivity contribution >= 4 is 39.9 Å². The largest absolute Gasteiger partial charge is 0.496 e. The molecule has 1 atom stereocenters. The first-order valence-corrected chi connectivity index (χ1v) is 14.3. The molecule has 1 aromatic heterocycles. The van der Waals surface area contributed by atoms with E-state index in [4.69, 9.17) is 19.2 Å². The average molecular weight is 577 g/mol. The second-order valence-corrected chi connectivity index (χ2v) is 10.6. The first-order valence-electron chi connectivity index (χ1n) is 13.5. The van der Waals surface area contributed by atoms with Crippen molar-refractivity contribution < 1.29 is 19.0 Å². The summed E-state index contributed by atoms with van der Waals surface area (Å²) in [5.41, 5.74) is 2.64. The van der Waals surface area contributed by atoms with Gasteiger partial charge >= 0.3 is 5.97 Å². The fourth-order valence-corrected chi connectivity index (χ4v) is 6.37. The van der Waals surface area contributed by atoms with Crippen LogP contribution < -0.4 is 24.4 Å². The van der Waals surface area contributed by atoms with Crippen molar-refractivity contribution in [3.05, 3.63) is 133 Å². The molecular weight excluding hydrogens is 548 g/mol. The number of aromatic nitrogens is 1. The van der Waals surface area contributed by atoms with Crippen LogP contribution in [0.4, 0.5) is 0 Å². The van der Waals surface area contributed by atoms with E-state index in [0.29, 0.717) is 32.1 Å². The first-order chi connectivity index (χ1) is 20.5. The van der Waals surface area contributed by atoms with Gasteiger partial charge < -0.3 is 14.2 Å². The Hall–Kier alpha value is -4.95. The van der Waals surface area contributed by atoms with Crippen LogP contribution in [-0.2, 0) is 9.53 Å². The molecule has 0 saturated carbocycles. The lowest BCUT2D eigenvalue weighted by atomic mass is 9.89. The van der Waals surface area contributed by atoms with E-state index in [2.05, 4.69) is 0 Å². The van der Waals surface area contributed by atoms with Crippen molar-refractivity contribution in [1.29, 1.82) is 0 Å². The Balaban J connectivity index is 1.75. The molecule has 0 amide bonds. The molecule has 42 heavy (non-hydrogen) atoms. The van der Waals surface area contributed by atoms with E-state index in [0.717, 1.165) is 21.9 Å². The van der Waals surface area contributed by atoms with Gasteiger partial charge in [0.2, 0.25) is 0 Å². The zero-order valence-electron chi connectivity index (χ0n) is 23.4. The van der Waals surface area contributed by atoms with E-state index in [9.17, 15) is 9.59 Å². The van der Waals surface area contributed by atoms with Gasteiger partial charge in [0.1, 0.15) is 17.5 Å². The molecule has 0 radical (unpaired) electrons. The highest BCUT2D eigenvalue weighted by atomic mass is 32.1. The lowest BCUT2D eigenvalue weighted by Gasteiger charge is -2.28. The fraction of sp³-hybridized carbons (Fsp3) is 0.147. The maximum absolute atomic E-state index is 14.3. The lowest BCUT2D eigenvalue weighted by molar-refractivity contribution is -0.138. The number of nitrogens with zero attached hydrogens (tertiary/aromatic N) is 2. The number of hydrogen-bond acceptors (Lipinski definition) is 7. The molecule has 1 aliphatic heterocycles. The van der Waals surface area contributed by atoms with Gasteiger partial charge in [-0.25, -0.2) is 9.79 Å². The number of benzene rings is 4. The monoisotopic (exact) mass is 576 g/mol. The molecule has 0 aliphatic carbocycles. The quantitative estimate of drug-likeness (QED) is 0.252. The summed E-state index contributed by atoms with van der Waals surface area (Å²) in [6.45, 7) is 1.93. The second kappa shape index (κ2) is 11.5. The van der Waals surface area contributed by atoms with Gasteiger partial charge in [-0.15, -0.1) is 0 Å². The summed E-state index contributed by atoms with van der Waals surface area (Å²) >= 11 is 1.26. The average Bonchev–Trinajstić information content (AvgIpc) is 3.34. The molecule has 210 valence electrons. The fourth-order valence-electron chi connectivity index (χ4n) is 5.38. The number of hydrogen-bond donors (Lipinski definition) is 0. The number of esters is 1. The molecule has 4 aromatic carbocycles. The Bertz CT molecular complexity index is 2020. The summed E-state index contributed by atoms with van der Waals surface area (Å²) in [5.74, 6) is 0.654. The van der Waals surface area contributed by atoms with Gasteiger partial charge in [0.25, 0.3) is 5.56 Å². The van der Waals surface area contributed by atoms with Crippen LogP contribution in [0.15, 0.2) is 106 Å². The highest BCUT2D eigenvalue weighted by molar-refractivity contribution is 7.07. The molecule has 1 aliphatic rings. The predicted molar refractivity (Wildman–Crippen MR) is 165 cm³/mol. The minimum absolute atomic E-state index is 0.169. The molecule has 0 bridgehead atoms. The molecule has 1 unspecified atom stereocenters. The molecule has 5 aromatic rings. The van der Waals surface area contributed by atoms with Crippen LogP contribution in [-0.4, -0.2) is 31.4 Å². The van der Waals surface area contributed by atoms with Crippen molar-refractivity contribution in [3.63, 3.8) is 0 Å². The summed E-state index contributed by atoms with van der Waals surface area (Å²) in [6.07, 6.45) is 1.80. The van der Waals surface area contributed by atoms with Crippen molar-refractivity contribution in [1.82, 2.24) is 4.57 Å². The van der Waals surface area contributed by atoms with E-state index in [1.165, 1.54) is 11.3 Å². The number of methoxy groups -OCH3 is 2. The van der Waals surface area contributed by atoms with Crippen molar-refractivity contribution in [2.75, 3.05) is 20.8 Å². The zero-order chi connectivity index (χ0) is 29.2. The zero-order valence-corrected chi connectivity index (χ0v) is 24.2. The van der Waals surface area contributed by atoms with Crippen LogP contribution in [0.5, 0.6) is 11.5 Å². The number of thiazole rings is 1. The summed E-state index contributed by atoms with van der Waals surface area (Å²) in [6, 6.07) is 27.8. The van der Waals surface area contributed by atoms with Gasteiger partial charge in [0.05, 0.1) is 36.6 Å². The number of carbonyl (C=O) groups excluding carboxylic acids is 1. The number of para-hydroxylation sites is 1. The number of ether oxygens (including phenoxy) is 3. The molecule has 0 saturated heterocycles. The number of rotatable bonds is 7. The molecular formula is C34H28N2O5S. The Morgan fingerprint density at radius 3 is 2.38 bits per heavy atom. The third-order valence-corrected chi connectivity index (χ3v) is 8.21. The van der Waals surface area contributed by atoms with Crippen molar-refractivity contribution in [2.24, 2.45) is 4.99 Å². The maximum Gasteiger partial charge on any atom is 0.338 e. The van der Waals surface area contributed by atoms with Crippen molar-refractivity contribution in [3.8, 4) is 11.5 Å². The normalized spacial score (nSPS) is 14.8. The first kappa shape index (κ1) is 27.2. The van der Waals surface area contributed by atoms with E-state index in [1.54, 1.807) is 31.8 Å². The Labute approximate surface area is 246 Å². The van der Waals surface area contributed by atoms with Crippen LogP contribution in [0.1, 0.15) is 29.7 Å². The van der Waals surface area contributed by atoms with Crippen LogP contribution in [0.2, 0.25) is 0 Å². The van der Waals surface area contributed by atoms with Crippen LogP contribution >= 0.6 is 11.3 Å².